The molecule has 2 nitrogen and oxygen atoms in total. The fourth-order valence-corrected chi connectivity index (χ4v) is 3.51. The van der Waals surface area contributed by atoms with Gasteiger partial charge in [0.05, 0.1) is 0 Å². The van der Waals surface area contributed by atoms with Gasteiger partial charge >= 0.3 is 42.8 Å². The number of phenolic OH excluding ortho intramolecular Hbond substituents is 2. The van der Waals surface area contributed by atoms with Crippen molar-refractivity contribution >= 4 is 27.6 Å². The van der Waals surface area contributed by atoms with Crippen LogP contribution in [-0.2, 0) is 36.9 Å². The molecule has 0 heterocycles. The van der Waals surface area contributed by atoms with Crippen LogP contribution in [0.1, 0.15) is 105 Å². The molecule has 0 bridgehead atoms. The zero-order valence-electron chi connectivity index (χ0n) is 22.9. The Balaban J connectivity index is 0.000000554. The number of hydrogen-bond donors (Lipinski definition) is 2. The maximum atomic E-state index is 10.3. The third-order valence-corrected chi connectivity index (χ3v) is 5.30. The van der Waals surface area contributed by atoms with E-state index in [4.69, 9.17) is 27.6 Å². The van der Waals surface area contributed by atoms with Crippen LogP contribution in [0.15, 0.2) is 36.4 Å². The number of halogens is 3. The van der Waals surface area contributed by atoms with Crippen LogP contribution in [0, 0.1) is 0 Å². The third-order valence-electron chi connectivity index (χ3n) is 5.30. The minimum atomic E-state index is -2.03. The first kappa shape index (κ1) is 33.7. The van der Waals surface area contributed by atoms with Gasteiger partial charge in [-0.3, -0.25) is 0 Å². The first-order valence-corrected chi connectivity index (χ1v) is 19.9. The fraction of sp³-hybridized carbons (Fsp3) is 0.571. The Morgan fingerprint density at radius 2 is 0.618 bits per heavy atom. The molecule has 6 heteroatoms. The van der Waals surface area contributed by atoms with Gasteiger partial charge in [-0.25, -0.2) is 0 Å². The summed E-state index contributed by atoms with van der Waals surface area (Å²) in [6.45, 7) is 25.4. The van der Waals surface area contributed by atoms with Gasteiger partial charge < -0.3 is 10.2 Å². The Morgan fingerprint density at radius 3 is 0.735 bits per heavy atom. The summed E-state index contributed by atoms with van der Waals surface area (Å²) in [4.78, 5) is 0. The van der Waals surface area contributed by atoms with E-state index >= 15 is 0 Å². The van der Waals surface area contributed by atoms with Crippen LogP contribution in [0.25, 0.3) is 0 Å². The van der Waals surface area contributed by atoms with Crippen molar-refractivity contribution in [3.63, 3.8) is 0 Å². The van der Waals surface area contributed by atoms with Crippen molar-refractivity contribution in [2.45, 2.75) is 105 Å². The van der Waals surface area contributed by atoms with Gasteiger partial charge in [-0.05, 0) is 43.9 Å². The van der Waals surface area contributed by atoms with Crippen LogP contribution >= 0.6 is 27.6 Å². The Labute approximate surface area is 226 Å². The molecule has 0 aliphatic rings. The van der Waals surface area contributed by atoms with E-state index in [1.807, 2.05) is 36.4 Å². The summed E-state index contributed by atoms with van der Waals surface area (Å²) in [6, 6.07) is 12.1. The van der Waals surface area contributed by atoms with Gasteiger partial charge in [0.25, 0.3) is 0 Å². The molecular weight excluding hydrogens is 568 g/mol. The second-order valence-corrected chi connectivity index (χ2v) is 22.6. The molecule has 0 unspecified atom stereocenters. The average molecular weight is 612 g/mol. The molecule has 2 aromatic rings. The van der Waals surface area contributed by atoms with Crippen molar-refractivity contribution in [2.24, 2.45) is 0 Å². The van der Waals surface area contributed by atoms with Crippen molar-refractivity contribution < 1.29 is 25.4 Å². The minimum absolute atomic E-state index is 0.00859. The van der Waals surface area contributed by atoms with E-state index in [1.54, 1.807) is 0 Å². The van der Waals surface area contributed by atoms with Crippen LogP contribution < -0.4 is 0 Å². The van der Waals surface area contributed by atoms with Crippen LogP contribution in [0.2, 0.25) is 0 Å². The number of para-hydroxylation sites is 2. The van der Waals surface area contributed by atoms with Gasteiger partial charge in [-0.1, -0.05) is 119 Å². The van der Waals surface area contributed by atoms with E-state index in [9.17, 15) is 10.2 Å². The summed E-state index contributed by atoms with van der Waals surface area (Å²) >= 11 is -2.03. The Bertz CT molecular complexity index is 772. The summed E-state index contributed by atoms with van der Waals surface area (Å²) in [5, 5.41) is 20.5. The van der Waals surface area contributed by atoms with Crippen molar-refractivity contribution in [1.82, 2.24) is 0 Å². The van der Waals surface area contributed by atoms with Gasteiger partial charge in [0, 0.05) is 0 Å². The number of phenols is 2. The van der Waals surface area contributed by atoms with Crippen molar-refractivity contribution in [1.29, 1.82) is 0 Å². The standard InChI is InChI=1S/2C14H22O.3ClH.Nb/c2*1-13(2,3)10-8-7-9-11(12(10)15)14(4,5)6;;;;/h2*7-9,15H,1-6H3;3*1H;/q;;;;;+3/p-3. The molecule has 0 aliphatic carbocycles. The summed E-state index contributed by atoms with van der Waals surface area (Å²) < 4.78 is 0. The molecule has 0 radical (unpaired) electrons. The molecule has 194 valence electrons. The quantitative estimate of drug-likeness (QED) is 0.291. The molecule has 0 atom stereocenters. The Kier molecular flexibility index (Phi) is 12.6. The monoisotopic (exact) mass is 610 g/mol. The van der Waals surface area contributed by atoms with E-state index in [1.165, 1.54) is 0 Å². The Morgan fingerprint density at radius 1 is 0.471 bits per heavy atom. The first-order valence-electron chi connectivity index (χ1n) is 11.4. The summed E-state index contributed by atoms with van der Waals surface area (Å²) in [5.74, 6) is 0.912. The van der Waals surface area contributed by atoms with Gasteiger partial charge in [0.15, 0.2) is 0 Å². The average Bonchev–Trinajstić information content (AvgIpc) is 2.58. The van der Waals surface area contributed by atoms with Crippen molar-refractivity contribution in [2.75, 3.05) is 0 Å². The first-order chi connectivity index (χ1) is 15.0. The molecule has 34 heavy (non-hydrogen) atoms. The molecule has 0 aliphatic heterocycles. The maximum absolute atomic E-state index is 10.3. The van der Waals surface area contributed by atoms with Crippen LogP contribution in [0.3, 0.4) is 0 Å². The van der Waals surface area contributed by atoms with Crippen LogP contribution in [0.5, 0.6) is 11.5 Å². The number of rotatable bonds is 0. The predicted molar refractivity (Wildman–Crippen MR) is 149 cm³/mol. The van der Waals surface area contributed by atoms with E-state index in [0.717, 1.165) is 22.3 Å². The zero-order chi connectivity index (χ0) is 27.3. The molecule has 0 fully saturated rings. The molecule has 0 amide bonds. The van der Waals surface area contributed by atoms with Crippen molar-refractivity contribution in [3.05, 3.63) is 58.7 Å². The molecule has 0 saturated carbocycles. The Hall–Kier alpha value is -0.350. The van der Waals surface area contributed by atoms with Crippen molar-refractivity contribution in [3.8, 4) is 11.5 Å². The van der Waals surface area contributed by atoms with Gasteiger partial charge in [-0.2, -0.15) is 0 Å². The van der Waals surface area contributed by atoms with Gasteiger partial charge in [0.1, 0.15) is 11.5 Å². The third kappa shape index (κ3) is 11.1. The topological polar surface area (TPSA) is 40.5 Å². The van der Waals surface area contributed by atoms with E-state index in [2.05, 4.69) is 83.1 Å². The SMILES string of the molecule is CC(C)(C)c1cccc(C(C)(C)C)c1O.CC(C)(C)c1cccc(C(C)(C)C)c1O.[Cl][Nb]([Cl])[Cl]. The molecule has 0 spiro atoms. The van der Waals surface area contributed by atoms with Crippen LogP contribution in [0.4, 0.5) is 0 Å². The second kappa shape index (κ2) is 12.7. The van der Waals surface area contributed by atoms with E-state index in [0.29, 0.717) is 11.5 Å². The predicted octanol–water partition coefficient (Wildman–Crippen LogP) is 10.0. The van der Waals surface area contributed by atoms with Crippen LogP contribution in [-0.4, -0.2) is 10.2 Å². The molecule has 0 saturated heterocycles. The fourth-order valence-electron chi connectivity index (χ4n) is 3.51. The van der Waals surface area contributed by atoms with E-state index < -0.39 is 15.2 Å². The second-order valence-electron chi connectivity index (χ2n) is 12.6. The number of hydrogen-bond acceptors (Lipinski definition) is 2. The zero-order valence-corrected chi connectivity index (χ0v) is 27.4. The molecule has 0 aromatic heterocycles. The van der Waals surface area contributed by atoms with Gasteiger partial charge in [0.2, 0.25) is 0 Å². The summed E-state index contributed by atoms with van der Waals surface area (Å²) in [6.07, 6.45) is 0. The molecular formula is C28H44Cl3NbO2. The molecule has 2 N–H and O–H groups in total. The normalized spacial score (nSPS) is 12.5. The summed E-state index contributed by atoms with van der Waals surface area (Å²) in [7, 11) is 15.0. The number of benzene rings is 2. The molecule has 2 rings (SSSR count). The number of aromatic hydroxyl groups is 2. The summed E-state index contributed by atoms with van der Waals surface area (Å²) in [5.41, 5.74) is 4.06. The molecule has 2 aromatic carbocycles. The van der Waals surface area contributed by atoms with Gasteiger partial charge in [-0.15, -0.1) is 0 Å². The van der Waals surface area contributed by atoms with E-state index in [-0.39, 0.29) is 21.7 Å².